The van der Waals surface area contributed by atoms with E-state index in [9.17, 15) is 18.0 Å². The van der Waals surface area contributed by atoms with Crippen molar-refractivity contribution >= 4 is 21.7 Å². The molecule has 6 nitrogen and oxygen atoms in total. The summed E-state index contributed by atoms with van der Waals surface area (Å²) in [6.45, 7) is 1.43. The van der Waals surface area contributed by atoms with Gasteiger partial charge in [0.05, 0.1) is 0 Å². The number of hydrogen-bond acceptors (Lipinski definition) is 4. The third-order valence-electron chi connectivity index (χ3n) is 4.54. The first-order valence-corrected chi connectivity index (χ1v) is 8.88. The van der Waals surface area contributed by atoms with Crippen molar-refractivity contribution in [2.75, 3.05) is 6.26 Å². The van der Waals surface area contributed by atoms with Crippen molar-refractivity contribution in [2.24, 2.45) is 5.92 Å². The minimum Gasteiger partial charge on any atom is -0.481 e. The third-order valence-corrected chi connectivity index (χ3v) is 6.02. The van der Waals surface area contributed by atoms with E-state index in [4.69, 9.17) is 5.11 Å². The second-order valence-electron chi connectivity index (χ2n) is 6.04. The Morgan fingerprint density at radius 3 is 2.15 bits per heavy atom. The van der Waals surface area contributed by atoms with Gasteiger partial charge in [-0.3, -0.25) is 9.59 Å². The largest absolute Gasteiger partial charge is 0.481 e. The highest BCUT2D eigenvalue weighted by Crippen LogP contribution is 2.40. The van der Waals surface area contributed by atoms with Gasteiger partial charge in [-0.05, 0) is 38.5 Å². The molecule has 2 bridgehead atoms. The predicted molar refractivity (Wildman–Crippen MR) is 72.9 cm³/mol. The van der Waals surface area contributed by atoms with Crippen LogP contribution in [0.2, 0.25) is 0 Å². The van der Waals surface area contributed by atoms with Gasteiger partial charge in [0.1, 0.15) is 5.25 Å². The number of hydrogen-bond donors (Lipinski definition) is 1. The molecule has 2 aliphatic heterocycles. The van der Waals surface area contributed by atoms with E-state index in [0.717, 1.165) is 19.1 Å². The van der Waals surface area contributed by atoms with Gasteiger partial charge in [-0.25, -0.2) is 8.42 Å². The first-order valence-electron chi connectivity index (χ1n) is 6.93. The molecule has 7 heteroatoms. The van der Waals surface area contributed by atoms with Gasteiger partial charge in [-0.2, -0.15) is 0 Å². The molecular formula is C13H21NO5S. The zero-order valence-corrected chi connectivity index (χ0v) is 12.6. The van der Waals surface area contributed by atoms with Gasteiger partial charge < -0.3 is 10.0 Å². The van der Waals surface area contributed by atoms with Gasteiger partial charge in [0.25, 0.3) is 0 Å². The van der Waals surface area contributed by atoms with Crippen LogP contribution in [0, 0.1) is 5.92 Å². The standard InChI is InChI=1S/C13H21NO5S/c1-8(20(2,18)19)13(17)14-10-3-4-11(14)6-9(5-10)7-12(15)16/h8-11H,3-7H2,1-2H3,(H,15,16). The van der Waals surface area contributed by atoms with Gasteiger partial charge >= 0.3 is 5.97 Å². The number of aliphatic carboxylic acids is 1. The molecule has 3 unspecified atom stereocenters. The highest BCUT2D eigenvalue weighted by Gasteiger charge is 2.45. The van der Waals surface area contributed by atoms with Gasteiger partial charge in [-0.1, -0.05) is 0 Å². The molecule has 114 valence electrons. The quantitative estimate of drug-likeness (QED) is 0.824. The number of sulfone groups is 1. The summed E-state index contributed by atoms with van der Waals surface area (Å²) in [6.07, 6.45) is 4.26. The molecule has 1 amide bonds. The lowest BCUT2D eigenvalue weighted by Crippen LogP contribution is -2.51. The maximum absolute atomic E-state index is 12.4. The molecule has 2 aliphatic rings. The average Bonchev–Trinajstić information content (AvgIpc) is 2.57. The summed E-state index contributed by atoms with van der Waals surface area (Å²) in [6, 6.07) is 0.0181. The Balaban J connectivity index is 2.10. The van der Waals surface area contributed by atoms with Crippen LogP contribution in [0.5, 0.6) is 0 Å². The summed E-state index contributed by atoms with van der Waals surface area (Å²) in [5.41, 5.74) is 0. The number of fused-ring (bicyclic) bond motifs is 2. The van der Waals surface area contributed by atoms with Crippen LogP contribution in [-0.4, -0.2) is 53.9 Å². The zero-order valence-electron chi connectivity index (χ0n) is 11.8. The number of rotatable bonds is 4. The average molecular weight is 303 g/mol. The van der Waals surface area contributed by atoms with E-state index in [1.807, 2.05) is 0 Å². The third kappa shape index (κ3) is 2.97. The van der Waals surface area contributed by atoms with Crippen molar-refractivity contribution < 1.29 is 23.1 Å². The number of carboxylic acids is 1. The number of nitrogens with zero attached hydrogens (tertiary/aromatic N) is 1. The highest BCUT2D eigenvalue weighted by molar-refractivity contribution is 7.92. The molecule has 2 heterocycles. The lowest BCUT2D eigenvalue weighted by atomic mass is 9.88. The zero-order chi connectivity index (χ0) is 15.1. The van der Waals surface area contributed by atoms with Crippen LogP contribution in [0.3, 0.4) is 0 Å². The van der Waals surface area contributed by atoms with Crippen LogP contribution < -0.4 is 0 Å². The first kappa shape index (κ1) is 15.3. The lowest BCUT2D eigenvalue weighted by molar-refractivity contribution is -0.139. The smallest absolute Gasteiger partial charge is 0.303 e. The molecule has 0 saturated carbocycles. The molecule has 0 aliphatic carbocycles. The number of carbonyl (C=O) groups is 2. The van der Waals surface area contributed by atoms with E-state index in [1.165, 1.54) is 6.92 Å². The lowest BCUT2D eigenvalue weighted by Gasteiger charge is -2.39. The Bertz CT molecular complexity index is 501. The van der Waals surface area contributed by atoms with Gasteiger partial charge in [0.15, 0.2) is 9.84 Å². The SMILES string of the molecule is CC(C(=O)N1C2CCC1CC(CC(=O)O)C2)S(C)(=O)=O. The second-order valence-corrected chi connectivity index (χ2v) is 8.40. The fourth-order valence-electron chi connectivity index (χ4n) is 3.46. The van der Waals surface area contributed by atoms with Crippen molar-refractivity contribution in [2.45, 2.75) is 56.4 Å². The summed E-state index contributed by atoms with van der Waals surface area (Å²) in [7, 11) is -3.39. The van der Waals surface area contributed by atoms with Crippen molar-refractivity contribution in [3.05, 3.63) is 0 Å². The number of carbonyl (C=O) groups excluding carboxylic acids is 1. The molecule has 0 spiro atoms. The number of amides is 1. The molecule has 0 radical (unpaired) electrons. The summed E-state index contributed by atoms with van der Waals surface area (Å²) in [5, 5.41) is 7.86. The molecule has 1 N–H and O–H groups in total. The van der Waals surface area contributed by atoms with Gasteiger partial charge in [0, 0.05) is 24.8 Å². The van der Waals surface area contributed by atoms with Crippen LogP contribution in [-0.2, 0) is 19.4 Å². The normalized spacial score (nSPS) is 31.1. The number of carboxylic acid groups (broad SMARTS) is 1. The van der Waals surface area contributed by atoms with E-state index in [-0.39, 0.29) is 30.3 Å². The maximum Gasteiger partial charge on any atom is 0.303 e. The highest BCUT2D eigenvalue weighted by atomic mass is 32.2. The van der Waals surface area contributed by atoms with E-state index in [1.54, 1.807) is 4.90 Å². The van der Waals surface area contributed by atoms with Crippen LogP contribution >= 0.6 is 0 Å². The van der Waals surface area contributed by atoms with Crippen molar-refractivity contribution in [1.82, 2.24) is 4.90 Å². The molecule has 0 aromatic heterocycles. The molecular weight excluding hydrogens is 282 g/mol. The first-order chi connectivity index (χ1) is 9.20. The molecule has 2 fully saturated rings. The van der Waals surface area contributed by atoms with Crippen LogP contribution in [0.25, 0.3) is 0 Å². The Morgan fingerprint density at radius 2 is 1.75 bits per heavy atom. The fourth-order valence-corrected chi connectivity index (χ4v) is 3.94. The van der Waals surface area contributed by atoms with Gasteiger partial charge in [-0.15, -0.1) is 0 Å². The summed E-state index contributed by atoms with van der Waals surface area (Å²) in [5.74, 6) is -1.03. The van der Waals surface area contributed by atoms with E-state index < -0.39 is 21.1 Å². The summed E-state index contributed by atoms with van der Waals surface area (Å²) >= 11 is 0. The molecule has 0 aromatic rings. The van der Waals surface area contributed by atoms with Crippen molar-refractivity contribution in [3.63, 3.8) is 0 Å². The fraction of sp³-hybridized carbons (Fsp3) is 0.846. The molecule has 2 saturated heterocycles. The maximum atomic E-state index is 12.4. The molecule has 20 heavy (non-hydrogen) atoms. The Labute approximate surface area is 119 Å². The Morgan fingerprint density at radius 1 is 1.25 bits per heavy atom. The van der Waals surface area contributed by atoms with Crippen LogP contribution in [0.1, 0.15) is 39.0 Å². The van der Waals surface area contributed by atoms with Crippen molar-refractivity contribution in [3.8, 4) is 0 Å². The van der Waals surface area contributed by atoms with Crippen LogP contribution in [0.15, 0.2) is 0 Å². The van der Waals surface area contributed by atoms with E-state index >= 15 is 0 Å². The minimum atomic E-state index is -3.39. The van der Waals surface area contributed by atoms with Crippen LogP contribution in [0.4, 0.5) is 0 Å². The van der Waals surface area contributed by atoms with E-state index in [0.29, 0.717) is 12.8 Å². The predicted octanol–water partition coefficient (Wildman–Crippen LogP) is 0.664. The number of piperidine rings is 1. The van der Waals surface area contributed by atoms with Gasteiger partial charge in [0.2, 0.25) is 5.91 Å². The summed E-state index contributed by atoms with van der Waals surface area (Å²) in [4.78, 5) is 24.9. The molecule has 2 rings (SSSR count). The molecule has 3 atom stereocenters. The Hall–Kier alpha value is -1.11. The monoisotopic (exact) mass is 303 g/mol. The molecule has 0 aromatic carbocycles. The topological polar surface area (TPSA) is 91.8 Å². The van der Waals surface area contributed by atoms with Crippen molar-refractivity contribution in [1.29, 1.82) is 0 Å². The minimum absolute atomic E-state index is 0.00907. The van der Waals surface area contributed by atoms with E-state index in [2.05, 4.69) is 0 Å². The summed E-state index contributed by atoms with van der Waals surface area (Å²) < 4.78 is 23.1. The second kappa shape index (κ2) is 5.35. The Kier molecular flexibility index (Phi) is 4.09.